The Morgan fingerprint density at radius 1 is 0.895 bits per heavy atom. The lowest BCUT2D eigenvalue weighted by Crippen LogP contribution is -2.41. The minimum atomic E-state index is -0.917. The van der Waals surface area contributed by atoms with E-state index in [9.17, 15) is 9.59 Å². The van der Waals surface area contributed by atoms with Crippen LogP contribution >= 0.6 is 23.2 Å². The van der Waals surface area contributed by atoms with E-state index < -0.39 is 17.9 Å². The zero-order valence-corrected chi connectivity index (χ0v) is 21.9. The highest BCUT2D eigenvalue weighted by atomic mass is 35.5. The van der Waals surface area contributed by atoms with Gasteiger partial charge in [0.2, 0.25) is 5.95 Å². The first kappa shape index (κ1) is 26.9. The molecular formula is C29H24Cl2N4O3. The van der Waals surface area contributed by atoms with Gasteiger partial charge in [-0.05, 0) is 54.4 Å². The number of hydrogen-bond donors (Lipinski definition) is 1. The van der Waals surface area contributed by atoms with Crippen LogP contribution in [0.5, 0.6) is 0 Å². The number of para-hydroxylation sites is 1. The molecule has 0 spiro atoms. The third-order valence-corrected chi connectivity index (χ3v) is 6.21. The van der Waals surface area contributed by atoms with Crippen LogP contribution in [0.25, 0.3) is 6.08 Å². The van der Waals surface area contributed by atoms with E-state index in [2.05, 4.69) is 15.3 Å². The molecule has 38 heavy (non-hydrogen) atoms. The van der Waals surface area contributed by atoms with Crippen molar-refractivity contribution in [3.8, 4) is 0 Å². The Morgan fingerprint density at radius 2 is 1.53 bits per heavy atom. The van der Waals surface area contributed by atoms with Crippen LogP contribution in [0.1, 0.15) is 22.3 Å². The number of aromatic nitrogens is 2. The van der Waals surface area contributed by atoms with Crippen LogP contribution in [0.4, 0.5) is 17.3 Å². The highest BCUT2D eigenvalue weighted by Crippen LogP contribution is 2.31. The fourth-order valence-corrected chi connectivity index (χ4v) is 4.31. The molecule has 7 nitrogen and oxygen atoms in total. The number of esters is 1. The van der Waals surface area contributed by atoms with Gasteiger partial charge < -0.3 is 10.1 Å². The van der Waals surface area contributed by atoms with Crippen molar-refractivity contribution in [3.05, 3.63) is 119 Å². The van der Waals surface area contributed by atoms with Crippen LogP contribution in [0.15, 0.2) is 97.3 Å². The van der Waals surface area contributed by atoms with Crippen molar-refractivity contribution in [1.82, 2.24) is 15.3 Å². The van der Waals surface area contributed by atoms with Crippen LogP contribution in [0, 0.1) is 0 Å². The molecule has 192 valence electrons. The van der Waals surface area contributed by atoms with Gasteiger partial charge in [-0.2, -0.15) is 0 Å². The third kappa shape index (κ3) is 6.56. The number of carbonyl (C=O) groups is 2. The summed E-state index contributed by atoms with van der Waals surface area (Å²) in [4.78, 5) is 35.9. The van der Waals surface area contributed by atoms with Crippen molar-refractivity contribution in [2.45, 2.75) is 12.5 Å². The van der Waals surface area contributed by atoms with E-state index in [1.807, 2.05) is 65.6 Å². The van der Waals surface area contributed by atoms with Crippen molar-refractivity contribution < 1.29 is 14.3 Å². The van der Waals surface area contributed by atoms with Gasteiger partial charge in [-0.1, -0.05) is 71.8 Å². The zero-order valence-electron chi connectivity index (χ0n) is 20.4. The number of benzene rings is 3. The summed E-state index contributed by atoms with van der Waals surface area (Å²) in [5.74, 6) is -0.585. The Kier molecular flexibility index (Phi) is 9.08. The van der Waals surface area contributed by atoms with Gasteiger partial charge in [-0.25, -0.2) is 14.8 Å². The predicted molar refractivity (Wildman–Crippen MR) is 150 cm³/mol. The lowest BCUT2D eigenvalue weighted by Gasteiger charge is -2.22. The van der Waals surface area contributed by atoms with E-state index in [-0.39, 0.29) is 22.0 Å². The number of rotatable bonds is 9. The number of methoxy groups -OCH3 is 1. The van der Waals surface area contributed by atoms with E-state index in [0.717, 1.165) is 16.9 Å². The van der Waals surface area contributed by atoms with Gasteiger partial charge in [0.05, 0.1) is 22.7 Å². The molecule has 0 saturated carbocycles. The number of amides is 1. The van der Waals surface area contributed by atoms with Crippen molar-refractivity contribution >= 4 is 58.5 Å². The van der Waals surface area contributed by atoms with Crippen molar-refractivity contribution in [2.75, 3.05) is 12.0 Å². The van der Waals surface area contributed by atoms with E-state index in [4.69, 9.17) is 27.9 Å². The molecule has 4 aromatic rings. The number of hydrogen-bond acceptors (Lipinski definition) is 6. The first-order valence-corrected chi connectivity index (χ1v) is 12.4. The SMILES string of the molecule is COC(=O)C(C/C=C/c1ccc(N(c2ccccc2)c2ncccn2)cc1)NC(=O)c1c(Cl)cccc1Cl. The maximum absolute atomic E-state index is 12.8. The first-order chi connectivity index (χ1) is 18.5. The molecule has 1 aromatic heterocycles. The van der Waals surface area contributed by atoms with Gasteiger partial charge in [0.15, 0.2) is 0 Å². The number of carbonyl (C=O) groups excluding carboxylic acids is 2. The normalized spacial score (nSPS) is 11.7. The minimum Gasteiger partial charge on any atom is -0.467 e. The van der Waals surface area contributed by atoms with Gasteiger partial charge in [0.25, 0.3) is 5.91 Å². The molecular weight excluding hydrogens is 523 g/mol. The van der Waals surface area contributed by atoms with E-state index in [0.29, 0.717) is 5.95 Å². The predicted octanol–water partition coefficient (Wildman–Crippen LogP) is 6.63. The van der Waals surface area contributed by atoms with Crippen LogP contribution in [0.2, 0.25) is 10.0 Å². The smallest absolute Gasteiger partial charge is 0.328 e. The highest BCUT2D eigenvalue weighted by Gasteiger charge is 2.23. The molecule has 9 heteroatoms. The van der Waals surface area contributed by atoms with Crippen LogP contribution < -0.4 is 10.2 Å². The number of nitrogens with zero attached hydrogens (tertiary/aromatic N) is 3. The molecule has 3 aromatic carbocycles. The summed E-state index contributed by atoms with van der Waals surface area (Å²) in [6.45, 7) is 0. The first-order valence-electron chi connectivity index (χ1n) is 11.7. The van der Waals surface area contributed by atoms with Crippen LogP contribution in [-0.2, 0) is 9.53 Å². The second-order valence-electron chi connectivity index (χ2n) is 8.10. The topological polar surface area (TPSA) is 84.4 Å². The average molecular weight is 547 g/mol. The van der Waals surface area contributed by atoms with Crippen LogP contribution in [-0.4, -0.2) is 35.0 Å². The summed E-state index contributed by atoms with van der Waals surface area (Å²) in [6, 6.07) is 23.3. The minimum absolute atomic E-state index is 0.106. The Morgan fingerprint density at radius 3 is 2.16 bits per heavy atom. The molecule has 1 heterocycles. The summed E-state index contributed by atoms with van der Waals surface area (Å²) in [7, 11) is 1.27. The number of halogens is 2. The maximum Gasteiger partial charge on any atom is 0.328 e. The van der Waals surface area contributed by atoms with Crippen LogP contribution in [0.3, 0.4) is 0 Å². The summed E-state index contributed by atoms with van der Waals surface area (Å²) >= 11 is 12.3. The monoisotopic (exact) mass is 546 g/mol. The van der Waals surface area contributed by atoms with Crippen molar-refractivity contribution in [1.29, 1.82) is 0 Å². The molecule has 0 radical (unpaired) electrons. The number of nitrogens with one attached hydrogen (secondary N) is 1. The molecule has 1 amide bonds. The third-order valence-electron chi connectivity index (χ3n) is 5.58. The van der Waals surface area contributed by atoms with Crippen molar-refractivity contribution in [2.24, 2.45) is 0 Å². The number of anilines is 3. The number of ether oxygens (including phenoxy) is 1. The molecule has 1 unspecified atom stereocenters. The van der Waals surface area contributed by atoms with Gasteiger partial charge in [0.1, 0.15) is 6.04 Å². The second-order valence-corrected chi connectivity index (χ2v) is 8.91. The van der Waals surface area contributed by atoms with Gasteiger partial charge in [-0.3, -0.25) is 9.69 Å². The second kappa shape index (κ2) is 12.9. The Hall–Kier alpha value is -4.20. The molecule has 4 rings (SSSR count). The summed E-state index contributed by atoms with van der Waals surface area (Å²) in [5.41, 5.74) is 2.82. The van der Waals surface area contributed by atoms with E-state index >= 15 is 0 Å². The fraction of sp³-hybridized carbons (Fsp3) is 0.103. The molecule has 0 aliphatic rings. The highest BCUT2D eigenvalue weighted by molar-refractivity contribution is 6.39. The van der Waals surface area contributed by atoms with Gasteiger partial charge >= 0.3 is 5.97 Å². The molecule has 1 atom stereocenters. The van der Waals surface area contributed by atoms with E-state index in [1.165, 1.54) is 7.11 Å². The quantitative estimate of drug-likeness (QED) is 0.237. The summed E-state index contributed by atoms with van der Waals surface area (Å²) in [5, 5.41) is 3.05. The van der Waals surface area contributed by atoms with Gasteiger partial charge in [-0.15, -0.1) is 0 Å². The average Bonchev–Trinajstić information content (AvgIpc) is 2.94. The lowest BCUT2D eigenvalue weighted by atomic mass is 10.1. The molecule has 0 aliphatic carbocycles. The van der Waals surface area contributed by atoms with Crippen molar-refractivity contribution in [3.63, 3.8) is 0 Å². The largest absolute Gasteiger partial charge is 0.467 e. The van der Waals surface area contributed by atoms with Gasteiger partial charge in [0, 0.05) is 23.8 Å². The maximum atomic E-state index is 12.8. The van der Waals surface area contributed by atoms with E-state index in [1.54, 1.807) is 42.7 Å². The molecule has 0 bridgehead atoms. The molecule has 0 saturated heterocycles. The Bertz CT molecular complexity index is 1360. The molecule has 0 aliphatic heterocycles. The fourth-order valence-electron chi connectivity index (χ4n) is 3.74. The summed E-state index contributed by atoms with van der Waals surface area (Å²) in [6.07, 6.45) is 7.26. The Labute approximate surface area is 230 Å². The Balaban J connectivity index is 1.49. The standard InChI is InChI=1S/C29H24Cl2N4O3/c1-38-28(37)25(34-27(36)26-23(30)11-6-12-24(26)31)13-5-8-20-14-16-22(17-15-20)35(21-9-3-2-4-10-21)29-32-18-7-19-33-29/h2-12,14-19,25H,13H2,1H3,(H,34,36)/b8-5+. The lowest BCUT2D eigenvalue weighted by molar-refractivity contribution is -0.142. The molecule has 0 fully saturated rings. The summed E-state index contributed by atoms with van der Waals surface area (Å²) < 4.78 is 4.87. The molecule has 1 N–H and O–H groups in total. The zero-order chi connectivity index (χ0) is 26.9.